The van der Waals surface area contributed by atoms with Gasteiger partial charge in [0.1, 0.15) is 0 Å². The summed E-state index contributed by atoms with van der Waals surface area (Å²) < 4.78 is 10.5. The first-order valence-corrected chi connectivity index (χ1v) is 4.61. The average molecular weight is 208 g/mol. The van der Waals surface area contributed by atoms with Gasteiger partial charge in [-0.1, -0.05) is 12.1 Å². The van der Waals surface area contributed by atoms with E-state index >= 15 is 0 Å². The van der Waals surface area contributed by atoms with E-state index in [0.717, 1.165) is 5.56 Å². The lowest BCUT2D eigenvalue weighted by atomic mass is 10.0. The molecule has 0 radical (unpaired) electrons. The van der Waals surface area contributed by atoms with Crippen molar-refractivity contribution in [3.8, 4) is 11.5 Å². The number of rotatable bonds is 3. The Balaban J connectivity index is 2.28. The molecule has 1 aliphatic rings. The summed E-state index contributed by atoms with van der Waals surface area (Å²) in [6.07, 6.45) is 0.0970. The fourth-order valence-electron chi connectivity index (χ4n) is 1.57. The zero-order valence-electron chi connectivity index (χ0n) is 8.10. The number of para-hydroxylation sites is 1. The fourth-order valence-corrected chi connectivity index (χ4v) is 1.57. The van der Waals surface area contributed by atoms with E-state index in [9.17, 15) is 4.79 Å². The van der Waals surface area contributed by atoms with E-state index in [1.165, 1.54) is 0 Å². The number of primary amides is 1. The van der Waals surface area contributed by atoms with E-state index in [-0.39, 0.29) is 13.2 Å². The van der Waals surface area contributed by atoms with Crippen LogP contribution in [0.3, 0.4) is 0 Å². The summed E-state index contributed by atoms with van der Waals surface area (Å²) in [4.78, 5) is 10.8. The largest absolute Gasteiger partial charge is 0.454 e. The molecular formula is C10H12N2O3. The SMILES string of the molecule is NC(=O)CC(N)c1cccc2c1OCO2. The second-order valence-corrected chi connectivity index (χ2v) is 3.36. The van der Waals surface area contributed by atoms with Crippen LogP contribution in [0.5, 0.6) is 11.5 Å². The molecule has 0 saturated heterocycles. The normalized spacial score (nSPS) is 15.0. The maximum atomic E-state index is 10.8. The Kier molecular flexibility index (Phi) is 2.47. The molecule has 0 spiro atoms. The zero-order valence-corrected chi connectivity index (χ0v) is 8.10. The van der Waals surface area contributed by atoms with Crippen LogP contribution in [0, 0.1) is 0 Å². The second-order valence-electron chi connectivity index (χ2n) is 3.36. The molecule has 1 atom stereocenters. The third-order valence-electron chi connectivity index (χ3n) is 2.25. The quantitative estimate of drug-likeness (QED) is 0.747. The van der Waals surface area contributed by atoms with Crippen molar-refractivity contribution in [2.24, 2.45) is 11.5 Å². The van der Waals surface area contributed by atoms with Gasteiger partial charge < -0.3 is 20.9 Å². The topological polar surface area (TPSA) is 87.6 Å². The van der Waals surface area contributed by atoms with Crippen molar-refractivity contribution in [1.82, 2.24) is 0 Å². The van der Waals surface area contributed by atoms with E-state index in [1.54, 1.807) is 12.1 Å². The van der Waals surface area contributed by atoms with Gasteiger partial charge in [-0.2, -0.15) is 0 Å². The van der Waals surface area contributed by atoms with Crippen LogP contribution in [0.1, 0.15) is 18.0 Å². The summed E-state index contributed by atoms with van der Waals surface area (Å²) in [5, 5.41) is 0. The molecule has 0 aromatic heterocycles. The molecule has 4 N–H and O–H groups in total. The van der Waals surface area contributed by atoms with Gasteiger partial charge in [-0.25, -0.2) is 0 Å². The summed E-state index contributed by atoms with van der Waals surface area (Å²) >= 11 is 0. The van der Waals surface area contributed by atoms with E-state index < -0.39 is 11.9 Å². The Hall–Kier alpha value is -1.75. The second kappa shape index (κ2) is 3.78. The minimum absolute atomic E-state index is 0.0970. The van der Waals surface area contributed by atoms with Gasteiger partial charge in [0, 0.05) is 18.0 Å². The maximum absolute atomic E-state index is 10.8. The summed E-state index contributed by atoms with van der Waals surface area (Å²) in [6.45, 7) is 0.190. The number of hydrogen-bond acceptors (Lipinski definition) is 4. The minimum atomic E-state index is -0.445. The minimum Gasteiger partial charge on any atom is -0.454 e. The Bertz CT molecular complexity index is 392. The standard InChI is InChI=1S/C10H12N2O3/c11-7(4-9(12)13)6-2-1-3-8-10(6)15-5-14-8/h1-3,7H,4-5,11H2,(H2,12,13). The van der Waals surface area contributed by atoms with Gasteiger partial charge in [-0.3, -0.25) is 4.79 Å². The molecule has 1 aliphatic heterocycles. The molecule has 0 fully saturated rings. The Labute approximate surface area is 87.0 Å². The first kappa shape index (κ1) is 9.79. The molecule has 2 rings (SSSR count). The summed E-state index contributed by atoms with van der Waals surface area (Å²) in [5.74, 6) is 0.845. The molecule has 1 aromatic carbocycles. The van der Waals surface area contributed by atoms with Crippen molar-refractivity contribution in [2.75, 3.05) is 6.79 Å². The van der Waals surface area contributed by atoms with Crippen LogP contribution in [0.25, 0.3) is 0 Å². The van der Waals surface area contributed by atoms with Gasteiger partial charge in [0.15, 0.2) is 11.5 Å². The van der Waals surface area contributed by atoms with Crippen LogP contribution < -0.4 is 20.9 Å². The van der Waals surface area contributed by atoms with Crippen molar-refractivity contribution >= 4 is 5.91 Å². The van der Waals surface area contributed by atoms with E-state index in [2.05, 4.69) is 0 Å². The van der Waals surface area contributed by atoms with Crippen molar-refractivity contribution in [2.45, 2.75) is 12.5 Å². The number of hydrogen-bond donors (Lipinski definition) is 2. The highest BCUT2D eigenvalue weighted by atomic mass is 16.7. The lowest BCUT2D eigenvalue weighted by Gasteiger charge is -2.12. The van der Waals surface area contributed by atoms with Gasteiger partial charge >= 0.3 is 0 Å². The Morgan fingerprint density at radius 3 is 3.00 bits per heavy atom. The van der Waals surface area contributed by atoms with E-state index in [4.69, 9.17) is 20.9 Å². The molecule has 0 bridgehead atoms. The summed E-state index contributed by atoms with van der Waals surface area (Å²) in [6, 6.07) is 4.97. The smallest absolute Gasteiger partial charge is 0.231 e. The maximum Gasteiger partial charge on any atom is 0.231 e. The van der Waals surface area contributed by atoms with Crippen LogP contribution in [0.4, 0.5) is 0 Å². The van der Waals surface area contributed by atoms with Gasteiger partial charge in [0.25, 0.3) is 0 Å². The van der Waals surface area contributed by atoms with Crippen molar-refractivity contribution in [1.29, 1.82) is 0 Å². The van der Waals surface area contributed by atoms with Gasteiger partial charge in [-0.05, 0) is 6.07 Å². The molecule has 15 heavy (non-hydrogen) atoms. The fraction of sp³-hybridized carbons (Fsp3) is 0.300. The number of amides is 1. The van der Waals surface area contributed by atoms with E-state index in [1.807, 2.05) is 6.07 Å². The summed E-state index contributed by atoms with van der Waals surface area (Å²) in [5.41, 5.74) is 11.7. The predicted molar refractivity (Wildman–Crippen MR) is 53.3 cm³/mol. The first-order valence-electron chi connectivity index (χ1n) is 4.61. The monoisotopic (exact) mass is 208 g/mol. The van der Waals surface area contributed by atoms with Gasteiger partial charge in [-0.15, -0.1) is 0 Å². The van der Waals surface area contributed by atoms with E-state index in [0.29, 0.717) is 11.5 Å². The molecule has 1 unspecified atom stereocenters. The molecule has 5 heteroatoms. The number of ether oxygens (including phenoxy) is 2. The van der Waals surface area contributed by atoms with Crippen molar-refractivity contribution in [3.63, 3.8) is 0 Å². The third-order valence-corrected chi connectivity index (χ3v) is 2.25. The molecular weight excluding hydrogens is 196 g/mol. The molecule has 1 aromatic rings. The van der Waals surface area contributed by atoms with Gasteiger partial charge in [0.05, 0.1) is 0 Å². The number of fused-ring (bicyclic) bond motifs is 1. The highest BCUT2D eigenvalue weighted by molar-refractivity contribution is 5.75. The highest BCUT2D eigenvalue weighted by Crippen LogP contribution is 2.38. The molecule has 1 heterocycles. The van der Waals surface area contributed by atoms with Crippen LogP contribution in [0.2, 0.25) is 0 Å². The molecule has 1 amide bonds. The number of nitrogens with two attached hydrogens (primary N) is 2. The van der Waals surface area contributed by atoms with Crippen LogP contribution in [0.15, 0.2) is 18.2 Å². The third kappa shape index (κ3) is 1.87. The van der Waals surface area contributed by atoms with Crippen LogP contribution in [-0.2, 0) is 4.79 Å². The van der Waals surface area contributed by atoms with Crippen molar-refractivity contribution < 1.29 is 14.3 Å². The molecule has 0 saturated carbocycles. The average Bonchev–Trinajstić information content (AvgIpc) is 2.63. The van der Waals surface area contributed by atoms with Crippen LogP contribution in [-0.4, -0.2) is 12.7 Å². The number of carbonyl (C=O) groups is 1. The Morgan fingerprint density at radius 1 is 1.47 bits per heavy atom. The summed E-state index contributed by atoms with van der Waals surface area (Å²) in [7, 11) is 0. The molecule has 0 aliphatic carbocycles. The first-order chi connectivity index (χ1) is 7.18. The predicted octanol–water partition coefficient (Wildman–Crippen LogP) is 0.291. The zero-order chi connectivity index (χ0) is 10.8. The highest BCUT2D eigenvalue weighted by Gasteiger charge is 2.21. The van der Waals surface area contributed by atoms with Gasteiger partial charge in [0.2, 0.25) is 12.7 Å². The lowest BCUT2D eigenvalue weighted by Crippen LogP contribution is -2.20. The lowest BCUT2D eigenvalue weighted by molar-refractivity contribution is -0.118. The molecule has 5 nitrogen and oxygen atoms in total. The van der Waals surface area contributed by atoms with Crippen molar-refractivity contribution in [3.05, 3.63) is 23.8 Å². The molecule has 80 valence electrons. The number of benzene rings is 1. The Morgan fingerprint density at radius 2 is 2.27 bits per heavy atom. The number of carbonyl (C=O) groups excluding carboxylic acids is 1. The van der Waals surface area contributed by atoms with Crippen LogP contribution >= 0.6 is 0 Å².